The second-order valence-electron chi connectivity index (χ2n) is 10.3. The van der Waals surface area contributed by atoms with Gasteiger partial charge in [-0.1, -0.05) is 23.7 Å². The first-order valence-corrected chi connectivity index (χ1v) is 13.7. The molecule has 0 saturated carbocycles. The molecule has 40 heavy (non-hydrogen) atoms. The number of benzene rings is 2. The molecule has 3 aliphatic heterocycles. The zero-order valence-electron chi connectivity index (χ0n) is 22.2. The SMILES string of the molecule is CC1C(=O)N(c2ccc(CC(C(=O)O)N3CCN(c4cc(Cl)ccc4N)C(=O)C3=O)cc2)CCN1C1CCOC1. The predicted octanol–water partition coefficient (Wildman–Crippen LogP) is 1.62. The third-order valence-electron chi connectivity index (χ3n) is 7.95. The number of carboxylic acids is 1. The Morgan fingerprint density at radius 3 is 2.45 bits per heavy atom. The lowest BCUT2D eigenvalue weighted by Crippen LogP contribution is -2.59. The Kier molecular flexibility index (Phi) is 7.97. The van der Waals surface area contributed by atoms with Crippen LogP contribution in [-0.2, 0) is 30.3 Å². The highest BCUT2D eigenvalue weighted by molar-refractivity contribution is 6.41. The normalized spacial score (nSPS) is 23.1. The van der Waals surface area contributed by atoms with Gasteiger partial charge in [0, 0.05) is 56.0 Å². The maximum absolute atomic E-state index is 13.2. The predicted molar refractivity (Wildman–Crippen MR) is 149 cm³/mol. The van der Waals surface area contributed by atoms with Gasteiger partial charge >= 0.3 is 17.8 Å². The highest BCUT2D eigenvalue weighted by Crippen LogP contribution is 2.30. The zero-order valence-corrected chi connectivity index (χ0v) is 22.9. The van der Waals surface area contributed by atoms with Crippen LogP contribution in [0, 0.1) is 0 Å². The number of carbonyl (C=O) groups excluding carboxylic acids is 3. The fourth-order valence-corrected chi connectivity index (χ4v) is 5.88. The summed E-state index contributed by atoms with van der Waals surface area (Å²) in [6.45, 7) is 4.68. The van der Waals surface area contributed by atoms with Gasteiger partial charge in [-0.15, -0.1) is 0 Å². The lowest BCUT2D eigenvalue weighted by atomic mass is 10.0. The molecule has 0 bridgehead atoms. The summed E-state index contributed by atoms with van der Waals surface area (Å²) < 4.78 is 5.49. The lowest BCUT2D eigenvalue weighted by Gasteiger charge is -2.41. The number of hydrogen-bond donors (Lipinski definition) is 2. The third kappa shape index (κ3) is 5.36. The highest BCUT2D eigenvalue weighted by atomic mass is 35.5. The number of piperazine rings is 2. The van der Waals surface area contributed by atoms with E-state index in [1.807, 2.05) is 6.92 Å². The fraction of sp³-hybridized carbons (Fsp3) is 0.429. The maximum Gasteiger partial charge on any atom is 0.326 e. The number of ether oxygens (including phenoxy) is 1. The van der Waals surface area contributed by atoms with Crippen LogP contribution in [0.4, 0.5) is 17.1 Å². The Hall–Kier alpha value is -3.67. The summed E-state index contributed by atoms with van der Waals surface area (Å²) in [5, 5.41) is 10.3. The number of anilines is 3. The van der Waals surface area contributed by atoms with Crippen LogP contribution in [-0.4, -0.2) is 96.1 Å². The molecule has 3 fully saturated rings. The van der Waals surface area contributed by atoms with Gasteiger partial charge in [-0.2, -0.15) is 0 Å². The van der Waals surface area contributed by atoms with E-state index in [-0.39, 0.29) is 43.2 Å². The van der Waals surface area contributed by atoms with Gasteiger partial charge in [0.25, 0.3) is 0 Å². The average Bonchev–Trinajstić information content (AvgIpc) is 3.47. The Bertz CT molecular complexity index is 1310. The quantitative estimate of drug-likeness (QED) is 0.379. The smallest absolute Gasteiger partial charge is 0.326 e. The van der Waals surface area contributed by atoms with Crippen molar-refractivity contribution in [1.82, 2.24) is 9.80 Å². The van der Waals surface area contributed by atoms with E-state index in [0.29, 0.717) is 29.4 Å². The van der Waals surface area contributed by atoms with Gasteiger partial charge in [0.05, 0.1) is 24.0 Å². The zero-order chi connectivity index (χ0) is 28.6. The van der Waals surface area contributed by atoms with Crippen LogP contribution in [0.3, 0.4) is 0 Å². The summed E-state index contributed by atoms with van der Waals surface area (Å²) in [6.07, 6.45) is 0.933. The van der Waals surface area contributed by atoms with Crippen molar-refractivity contribution in [3.8, 4) is 0 Å². The molecule has 3 unspecified atom stereocenters. The van der Waals surface area contributed by atoms with Crippen LogP contribution in [0.1, 0.15) is 18.9 Å². The molecule has 3 saturated heterocycles. The number of amides is 3. The Morgan fingerprint density at radius 2 is 1.77 bits per heavy atom. The Morgan fingerprint density at radius 1 is 1.05 bits per heavy atom. The van der Waals surface area contributed by atoms with Crippen molar-refractivity contribution >= 4 is 52.4 Å². The lowest BCUT2D eigenvalue weighted by molar-refractivity contribution is -0.155. The summed E-state index contributed by atoms with van der Waals surface area (Å²) in [4.78, 5) is 57.6. The molecule has 0 aliphatic carbocycles. The maximum atomic E-state index is 13.2. The van der Waals surface area contributed by atoms with E-state index in [1.165, 1.54) is 11.0 Å². The van der Waals surface area contributed by atoms with Crippen molar-refractivity contribution in [3.63, 3.8) is 0 Å². The summed E-state index contributed by atoms with van der Waals surface area (Å²) in [5.41, 5.74) is 7.99. The van der Waals surface area contributed by atoms with E-state index < -0.39 is 23.8 Å². The minimum absolute atomic E-state index is 0.00768. The van der Waals surface area contributed by atoms with Gasteiger partial charge in [0.15, 0.2) is 0 Å². The highest BCUT2D eigenvalue weighted by Gasteiger charge is 2.41. The second kappa shape index (κ2) is 11.4. The van der Waals surface area contributed by atoms with Crippen LogP contribution in [0.2, 0.25) is 5.02 Å². The summed E-state index contributed by atoms with van der Waals surface area (Å²) >= 11 is 6.05. The number of nitrogen functional groups attached to an aromatic ring is 1. The van der Waals surface area contributed by atoms with Crippen molar-refractivity contribution in [2.75, 3.05) is 54.9 Å². The summed E-state index contributed by atoms with van der Waals surface area (Å²) in [6, 6.07) is 10.5. The van der Waals surface area contributed by atoms with Gasteiger partial charge in [-0.3, -0.25) is 19.3 Å². The molecule has 0 radical (unpaired) electrons. The molecule has 212 valence electrons. The molecular weight excluding hydrogens is 538 g/mol. The van der Waals surface area contributed by atoms with Crippen molar-refractivity contribution in [3.05, 3.63) is 53.1 Å². The first kappa shape index (κ1) is 27.9. The standard InChI is InChI=1S/C28H32ClN5O6/c1-17-25(35)32(10-9-31(17)21-8-13-40-16-21)20-5-2-18(3-6-20)14-24(28(38)39)34-12-11-33(26(36)27(34)37)23-15-19(29)4-7-22(23)30/h2-7,15,17,21,24H,8-14,16,30H2,1H3,(H,38,39). The van der Waals surface area contributed by atoms with E-state index in [9.17, 15) is 24.3 Å². The van der Waals surface area contributed by atoms with Gasteiger partial charge in [0.2, 0.25) is 5.91 Å². The minimum Gasteiger partial charge on any atom is -0.480 e. The van der Waals surface area contributed by atoms with E-state index in [2.05, 4.69) is 4.90 Å². The van der Waals surface area contributed by atoms with Gasteiger partial charge < -0.3 is 30.3 Å². The molecule has 3 atom stereocenters. The third-order valence-corrected chi connectivity index (χ3v) is 8.19. The molecule has 0 aromatic heterocycles. The van der Waals surface area contributed by atoms with Crippen molar-refractivity contribution in [1.29, 1.82) is 0 Å². The van der Waals surface area contributed by atoms with Crippen LogP contribution in [0.5, 0.6) is 0 Å². The van der Waals surface area contributed by atoms with Crippen LogP contribution in [0.15, 0.2) is 42.5 Å². The number of carboxylic acid groups (broad SMARTS) is 1. The van der Waals surface area contributed by atoms with Crippen molar-refractivity contribution in [2.24, 2.45) is 0 Å². The van der Waals surface area contributed by atoms with Gasteiger partial charge in [-0.25, -0.2) is 4.79 Å². The molecule has 3 heterocycles. The second-order valence-corrected chi connectivity index (χ2v) is 10.7. The number of nitrogens with two attached hydrogens (primary N) is 1. The van der Waals surface area contributed by atoms with E-state index >= 15 is 0 Å². The van der Waals surface area contributed by atoms with Crippen LogP contribution in [0.25, 0.3) is 0 Å². The molecule has 2 aromatic rings. The molecule has 12 heteroatoms. The van der Waals surface area contributed by atoms with Crippen molar-refractivity contribution < 1.29 is 29.0 Å². The number of halogens is 1. The van der Waals surface area contributed by atoms with E-state index in [1.54, 1.807) is 41.3 Å². The van der Waals surface area contributed by atoms with Gasteiger partial charge in [-0.05, 0) is 49.2 Å². The monoisotopic (exact) mass is 569 g/mol. The molecule has 11 nitrogen and oxygen atoms in total. The number of rotatable bonds is 7. The number of hydrogen-bond acceptors (Lipinski definition) is 7. The number of aliphatic carboxylic acids is 1. The molecular formula is C28H32ClN5O6. The van der Waals surface area contributed by atoms with Gasteiger partial charge in [0.1, 0.15) is 6.04 Å². The minimum atomic E-state index is -1.24. The number of carbonyl (C=O) groups is 4. The average molecular weight is 570 g/mol. The molecule has 5 rings (SSSR count). The van der Waals surface area contributed by atoms with E-state index in [4.69, 9.17) is 22.1 Å². The molecule has 3 amide bonds. The molecule has 0 spiro atoms. The summed E-state index contributed by atoms with van der Waals surface area (Å²) in [5.74, 6) is -2.98. The van der Waals surface area contributed by atoms with Crippen LogP contribution < -0.4 is 15.5 Å². The molecule has 3 N–H and O–H groups in total. The largest absolute Gasteiger partial charge is 0.480 e. The molecule has 3 aliphatic rings. The number of nitrogens with zero attached hydrogens (tertiary/aromatic N) is 4. The molecule has 2 aromatic carbocycles. The Labute approximate surface area is 237 Å². The van der Waals surface area contributed by atoms with Crippen molar-refractivity contribution in [2.45, 2.75) is 37.9 Å². The first-order chi connectivity index (χ1) is 19.2. The van der Waals surface area contributed by atoms with E-state index in [0.717, 1.165) is 30.2 Å². The first-order valence-electron chi connectivity index (χ1n) is 13.3. The summed E-state index contributed by atoms with van der Waals surface area (Å²) in [7, 11) is 0. The Balaban J connectivity index is 1.26. The van der Waals surface area contributed by atoms with Crippen LogP contribution >= 0.6 is 11.6 Å². The fourth-order valence-electron chi connectivity index (χ4n) is 5.72. The topological polar surface area (TPSA) is 137 Å².